The Hall–Kier alpha value is -1.64. The maximum absolute atomic E-state index is 11.9. The van der Waals surface area contributed by atoms with Gasteiger partial charge in [-0.05, 0) is 25.5 Å². The van der Waals surface area contributed by atoms with E-state index in [1.54, 1.807) is 26.8 Å². The second kappa shape index (κ2) is 5.34. The standard InChI is InChI=1S/C15H20O3/c1-10-6-7-11(2)12(8-10)14(17)18-9-13(16)15(3,4)5/h6-8H,9H2,1-5H3. The van der Waals surface area contributed by atoms with E-state index in [1.165, 1.54) is 0 Å². The molecule has 0 saturated carbocycles. The van der Waals surface area contributed by atoms with Crippen LogP contribution in [0.3, 0.4) is 0 Å². The predicted octanol–water partition coefficient (Wildman–Crippen LogP) is 3.08. The van der Waals surface area contributed by atoms with Gasteiger partial charge in [-0.1, -0.05) is 38.5 Å². The largest absolute Gasteiger partial charge is 0.454 e. The Kier molecular flexibility index (Phi) is 4.28. The van der Waals surface area contributed by atoms with Crippen LogP contribution in [-0.2, 0) is 9.53 Å². The molecule has 0 fully saturated rings. The molecule has 3 nitrogen and oxygen atoms in total. The van der Waals surface area contributed by atoms with E-state index in [0.717, 1.165) is 11.1 Å². The Morgan fingerprint density at radius 2 is 1.78 bits per heavy atom. The van der Waals surface area contributed by atoms with Crippen LogP contribution in [0.4, 0.5) is 0 Å². The van der Waals surface area contributed by atoms with Crippen molar-refractivity contribution in [2.45, 2.75) is 34.6 Å². The molecule has 0 aliphatic rings. The smallest absolute Gasteiger partial charge is 0.338 e. The molecule has 0 spiro atoms. The summed E-state index contributed by atoms with van der Waals surface area (Å²) in [5.41, 5.74) is 1.89. The molecule has 0 aliphatic carbocycles. The minimum Gasteiger partial charge on any atom is -0.454 e. The third-order valence-electron chi connectivity index (χ3n) is 2.78. The van der Waals surface area contributed by atoms with Gasteiger partial charge in [0.15, 0.2) is 12.4 Å². The number of ether oxygens (including phenoxy) is 1. The van der Waals surface area contributed by atoms with Crippen LogP contribution < -0.4 is 0 Å². The van der Waals surface area contributed by atoms with Crippen molar-refractivity contribution in [2.24, 2.45) is 5.41 Å². The molecular formula is C15H20O3. The average Bonchev–Trinajstić information content (AvgIpc) is 2.27. The van der Waals surface area contributed by atoms with Crippen LogP contribution in [0.2, 0.25) is 0 Å². The fourth-order valence-electron chi connectivity index (χ4n) is 1.38. The van der Waals surface area contributed by atoms with E-state index in [4.69, 9.17) is 4.74 Å². The van der Waals surface area contributed by atoms with Crippen LogP contribution in [-0.4, -0.2) is 18.4 Å². The maximum atomic E-state index is 11.9. The molecule has 0 heterocycles. The Morgan fingerprint density at radius 1 is 1.17 bits per heavy atom. The van der Waals surface area contributed by atoms with Gasteiger partial charge in [0.2, 0.25) is 0 Å². The van der Waals surface area contributed by atoms with Gasteiger partial charge in [-0.3, -0.25) is 4.79 Å². The first-order valence-electron chi connectivity index (χ1n) is 5.99. The van der Waals surface area contributed by atoms with Gasteiger partial charge in [-0.25, -0.2) is 4.79 Å². The van der Waals surface area contributed by atoms with Crippen LogP contribution in [0.15, 0.2) is 18.2 Å². The Labute approximate surface area is 108 Å². The lowest BCUT2D eigenvalue weighted by atomic mass is 9.91. The van der Waals surface area contributed by atoms with Crippen molar-refractivity contribution in [2.75, 3.05) is 6.61 Å². The molecule has 18 heavy (non-hydrogen) atoms. The van der Waals surface area contributed by atoms with Gasteiger partial charge < -0.3 is 4.74 Å². The molecule has 1 aromatic rings. The van der Waals surface area contributed by atoms with Crippen molar-refractivity contribution in [1.29, 1.82) is 0 Å². The molecule has 0 atom stereocenters. The summed E-state index contributed by atoms with van der Waals surface area (Å²) >= 11 is 0. The summed E-state index contributed by atoms with van der Waals surface area (Å²) in [6.45, 7) is 9.01. The molecule has 0 radical (unpaired) electrons. The molecule has 0 aliphatic heterocycles. The number of aryl methyl sites for hydroxylation is 2. The average molecular weight is 248 g/mol. The van der Waals surface area contributed by atoms with E-state index in [1.807, 2.05) is 26.0 Å². The highest BCUT2D eigenvalue weighted by Gasteiger charge is 2.23. The predicted molar refractivity (Wildman–Crippen MR) is 70.7 cm³/mol. The molecule has 98 valence electrons. The number of carbonyl (C=O) groups excluding carboxylic acids is 2. The van der Waals surface area contributed by atoms with Crippen LogP contribution in [0.25, 0.3) is 0 Å². The zero-order valence-corrected chi connectivity index (χ0v) is 11.7. The van der Waals surface area contributed by atoms with Crippen LogP contribution in [0, 0.1) is 19.3 Å². The molecule has 0 amide bonds. The quantitative estimate of drug-likeness (QED) is 0.772. The molecule has 0 bridgehead atoms. The van der Waals surface area contributed by atoms with Crippen molar-refractivity contribution in [3.63, 3.8) is 0 Å². The van der Waals surface area contributed by atoms with E-state index in [9.17, 15) is 9.59 Å². The lowest BCUT2D eigenvalue weighted by Crippen LogP contribution is -2.26. The van der Waals surface area contributed by atoms with Gasteiger partial charge >= 0.3 is 5.97 Å². The van der Waals surface area contributed by atoms with Crippen molar-refractivity contribution < 1.29 is 14.3 Å². The molecule has 1 rings (SSSR count). The summed E-state index contributed by atoms with van der Waals surface area (Å²) in [5, 5.41) is 0. The van der Waals surface area contributed by atoms with E-state index in [-0.39, 0.29) is 12.4 Å². The lowest BCUT2D eigenvalue weighted by Gasteiger charge is -2.16. The monoisotopic (exact) mass is 248 g/mol. The summed E-state index contributed by atoms with van der Waals surface area (Å²) in [7, 11) is 0. The zero-order chi connectivity index (χ0) is 13.9. The highest BCUT2D eigenvalue weighted by Crippen LogP contribution is 2.16. The van der Waals surface area contributed by atoms with Gasteiger partial charge in [0.05, 0.1) is 5.56 Å². The first-order chi connectivity index (χ1) is 8.21. The summed E-state index contributed by atoms with van der Waals surface area (Å²) in [5.74, 6) is -0.519. The number of ketones is 1. The number of carbonyl (C=O) groups is 2. The topological polar surface area (TPSA) is 43.4 Å². The molecular weight excluding hydrogens is 228 g/mol. The van der Waals surface area contributed by atoms with Gasteiger partial charge in [-0.2, -0.15) is 0 Å². The fourth-order valence-corrected chi connectivity index (χ4v) is 1.38. The number of benzene rings is 1. The number of hydrogen-bond donors (Lipinski definition) is 0. The number of hydrogen-bond acceptors (Lipinski definition) is 3. The first kappa shape index (κ1) is 14.4. The van der Waals surface area contributed by atoms with E-state index in [2.05, 4.69) is 0 Å². The Morgan fingerprint density at radius 3 is 2.33 bits per heavy atom. The van der Waals surface area contributed by atoms with Crippen LogP contribution >= 0.6 is 0 Å². The summed E-state index contributed by atoms with van der Waals surface area (Å²) in [6.07, 6.45) is 0. The lowest BCUT2D eigenvalue weighted by molar-refractivity contribution is -0.129. The molecule has 1 aromatic carbocycles. The summed E-state index contributed by atoms with van der Waals surface area (Å²) in [6, 6.07) is 5.59. The third-order valence-corrected chi connectivity index (χ3v) is 2.78. The van der Waals surface area contributed by atoms with Crippen molar-refractivity contribution >= 4 is 11.8 Å². The Balaban J connectivity index is 2.72. The van der Waals surface area contributed by atoms with Crippen molar-refractivity contribution in [3.05, 3.63) is 34.9 Å². The minimum atomic E-state index is -0.484. The molecule has 0 aromatic heterocycles. The normalized spacial score (nSPS) is 11.2. The number of Topliss-reactive ketones (excluding diaryl/α,β-unsaturated/α-hetero) is 1. The van der Waals surface area contributed by atoms with Crippen LogP contribution in [0.1, 0.15) is 42.3 Å². The van der Waals surface area contributed by atoms with E-state index >= 15 is 0 Å². The molecule has 0 unspecified atom stereocenters. The van der Waals surface area contributed by atoms with Gasteiger partial charge in [-0.15, -0.1) is 0 Å². The molecule has 0 N–H and O–H groups in total. The highest BCUT2D eigenvalue weighted by atomic mass is 16.5. The SMILES string of the molecule is Cc1ccc(C)c(C(=O)OCC(=O)C(C)(C)C)c1. The highest BCUT2D eigenvalue weighted by molar-refractivity contribution is 5.94. The second-order valence-electron chi connectivity index (χ2n) is 5.57. The Bertz CT molecular complexity index is 467. The van der Waals surface area contributed by atoms with Crippen LogP contribution in [0.5, 0.6) is 0 Å². The van der Waals surface area contributed by atoms with E-state index in [0.29, 0.717) is 5.56 Å². The second-order valence-corrected chi connectivity index (χ2v) is 5.57. The summed E-state index contributed by atoms with van der Waals surface area (Å²) in [4.78, 5) is 23.5. The van der Waals surface area contributed by atoms with Gasteiger partial charge in [0.1, 0.15) is 0 Å². The molecule has 0 saturated heterocycles. The van der Waals surface area contributed by atoms with E-state index < -0.39 is 11.4 Å². The minimum absolute atomic E-state index is 0.0823. The maximum Gasteiger partial charge on any atom is 0.338 e. The van der Waals surface area contributed by atoms with Crippen molar-refractivity contribution in [1.82, 2.24) is 0 Å². The zero-order valence-electron chi connectivity index (χ0n) is 11.7. The number of rotatable bonds is 3. The summed E-state index contributed by atoms with van der Waals surface area (Å²) < 4.78 is 5.06. The van der Waals surface area contributed by atoms with Gasteiger partial charge in [0.25, 0.3) is 0 Å². The fraction of sp³-hybridized carbons (Fsp3) is 0.467. The number of esters is 1. The van der Waals surface area contributed by atoms with Crippen molar-refractivity contribution in [3.8, 4) is 0 Å². The first-order valence-corrected chi connectivity index (χ1v) is 5.99. The molecule has 3 heteroatoms. The van der Waals surface area contributed by atoms with Gasteiger partial charge in [0, 0.05) is 5.41 Å². The third kappa shape index (κ3) is 3.69.